The van der Waals surface area contributed by atoms with E-state index in [4.69, 9.17) is 0 Å². The SMILES string of the molecule is CCNC(=NCC(O)(CC)CC)NC1CCCC(C)C1. The van der Waals surface area contributed by atoms with Crippen LogP contribution in [-0.2, 0) is 0 Å². The Kier molecular flexibility index (Phi) is 7.35. The van der Waals surface area contributed by atoms with Crippen LogP contribution in [0.15, 0.2) is 4.99 Å². The van der Waals surface area contributed by atoms with Crippen LogP contribution in [0.3, 0.4) is 0 Å². The molecule has 1 aliphatic carbocycles. The molecule has 0 saturated heterocycles. The Morgan fingerprint density at radius 2 is 1.95 bits per heavy atom. The number of hydrogen-bond donors (Lipinski definition) is 3. The van der Waals surface area contributed by atoms with Crippen molar-refractivity contribution in [3.05, 3.63) is 0 Å². The van der Waals surface area contributed by atoms with Gasteiger partial charge in [0, 0.05) is 12.6 Å². The quantitative estimate of drug-likeness (QED) is 0.519. The summed E-state index contributed by atoms with van der Waals surface area (Å²) < 4.78 is 0. The van der Waals surface area contributed by atoms with Gasteiger partial charge in [-0.05, 0) is 38.5 Å². The van der Waals surface area contributed by atoms with Crippen LogP contribution < -0.4 is 10.6 Å². The first-order valence-electron chi connectivity index (χ1n) is 8.30. The van der Waals surface area contributed by atoms with E-state index in [9.17, 15) is 5.11 Å². The predicted octanol–water partition coefficient (Wildman–Crippen LogP) is 2.67. The summed E-state index contributed by atoms with van der Waals surface area (Å²) in [6, 6.07) is 0.521. The zero-order valence-corrected chi connectivity index (χ0v) is 13.7. The molecule has 0 aliphatic heterocycles. The van der Waals surface area contributed by atoms with Crippen molar-refractivity contribution in [2.75, 3.05) is 13.1 Å². The first kappa shape index (κ1) is 17.3. The van der Waals surface area contributed by atoms with Crippen molar-refractivity contribution in [3.8, 4) is 0 Å². The highest BCUT2D eigenvalue weighted by molar-refractivity contribution is 5.80. The van der Waals surface area contributed by atoms with Crippen molar-refractivity contribution in [3.63, 3.8) is 0 Å². The first-order chi connectivity index (χ1) is 9.53. The van der Waals surface area contributed by atoms with Gasteiger partial charge in [0.05, 0.1) is 12.1 Å². The smallest absolute Gasteiger partial charge is 0.191 e. The Morgan fingerprint density at radius 3 is 2.50 bits per heavy atom. The molecule has 0 aromatic heterocycles. The van der Waals surface area contributed by atoms with Gasteiger partial charge in [-0.25, -0.2) is 0 Å². The van der Waals surface area contributed by atoms with Gasteiger partial charge in [-0.1, -0.05) is 33.6 Å². The molecule has 0 aromatic carbocycles. The minimum Gasteiger partial charge on any atom is -0.388 e. The topological polar surface area (TPSA) is 56.7 Å². The molecular formula is C16H33N3O. The Morgan fingerprint density at radius 1 is 1.25 bits per heavy atom. The third kappa shape index (κ3) is 5.70. The Bertz CT molecular complexity index is 300. The number of nitrogens with zero attached hydrogens (tertiary/aromatic N) is 1. The summed E-state index contributed by atoms with van der Waals surface area (Å²) in [4.78, 5) is 4.59. The average molecular weight is 283 g/mol. The van der Waals surface area contributed by atoms with Crippen LogP contribution in [0.2, 0.25) is 0 Å². The van der Waals surface area contributed by atoms with Crippen LogP contribution in [-0.4, -0.2) is 35.8 Å². The van der Waals surface area contributed by atoms with Crippen molar-refractivity contribution in [2.24, 2.45) is 10.9 Å². The van der Waals surface area contributed by atoms with Gasteiger partial charge in [-0.3, -0.25) is 4.99 Å². The fraction of sp³-hybridized carbons (Fsp3) is 0.938. The zero-order chi connectivity index (χ0) is 15.0. The summed E-state index contributed by atoms with van der Waals surface area (Å²) in [5.74, 6) is 1.65. The minimum atomic E-state index is -0.664. The van der Waals surface area contributed by atoms with Crippen LogP contribution in [0.25, 0.3) is 0 Å². The number of nitrogens with one attached hydrogen (secondary N) is 2. The van der Waals surface area contributed by atoms with Crippen LogP contribution in [0, 0.1) is 5.92 Å². The number of aliphatic hydroxyl groups is 1. The monoisotopic (exact) mass is 283 g/mol. The molecule has 0 spiro atoms. The van der Waals surface area contributed by atoms with E-state index in [1.807, 2.05) is 13.8 Å². The molecule has 0 heterocycles. The zero-order valence-electron chi connectivity index (χ0n) is 13.7. The highest BCUT2D eigenvalue weighted by atomic mass is 16.3. The lowest BCUT2D eigenvalue weighted by atomic mass is 9.87. The molecule has 0 bridgehead atoms. The maximum Gasteiger partial charge on any atom is 0.191 e. The lowest BCUT2D eigenvalue weighted by Gasteiger charge is -2.29. The second-order valence-corrected chi connectivity index (χ2v) is 6.24. The fourth-order valence-corrected chi connectivity index (χ4v) is 2.78. The van der Waals surface area contributed by atoms with Crippen molar-refractivity contribution >= 4 is 5.96 Å². The molecule has 0 aromatic rings. The van der Waals surface area contributed by atoms with E-state index >= 15 is 0 Å². The summed E-state index contributed by atoms with van der Waals surface area (Å²) in [6.07, 6.45) is 6.57. The van der Waals surface area contributed by atoms with Gasteiger partial charge in [-0.2, -0.15) is 0 Å². The normalized spacial score (nSPS) is 24.6. The lowest BCUT2D eigenvalue weighted by molar-refractivity contribution is 0.0417. The number of rotatable bonds is 6. The second-order valence-electron chi connectivity index (χ2n) is 6.24. The Labute approximate surface area is 124 Å². The summed E-state index contributed by atoms with van der Waals surface area (Å²) in [5.41, 5.74) is -0.664. The molecule has 118 valence electrons. The summed E-state index contributed by atoms with van der Waals surface area (Å²) in [7, 11) is 0. The molecular weight excluding hydrogens is 250 g/mol. The van der Waals surface area contributed by atoms with E-state index < -0.39 is 5.60 Å². The maximum atomic E-state index is 10.3. The fourth-order valence-electron chi connectivity index (χ4n) is 2.78. The van der Waals surface area contributed by atoms with Crippen LogP contribution in [0.1, 0.15) is 66.2 Å². The van der Waals surface area contributed by atoms with Gasteiger partial charge >= 0.3 is 0 Å². The van der Waals surface area contributed by atoms with Crippen molar-refractivity contribution in [2.45, 2.75) is 77.9 Å². The average Bonchev–Trinajstić information content (AvgIpc) is 2.45. The third-order valence-corrected chi connectivity index (χ3v) is 4.47. The van der Waals surface area contributed by atoms with E-state index in [-0.39, 0.29) is 0 Å². The highest BCUT2D eigenvalue weighted by Crippen LogP contribution is 2.23. The molecule has 20 heavy (non-hydrogen) atoms. The van der Waals surface area contributed by atoms with E-state index in [1.165, 1.54) is 25.7 Å². The molecule has 2 atom stereocenters. The largest absolute Gasteiger partial charge is 0.388 e. The number of aliphatic imine (C=N–C) groups is 1. The lowest BCUT2D eigenvalue weighted by Crippen LogP contribution is -2.46. The van der Waals surface area contributed by atoms with Crippen LogP contribution >= 0.6 is 0 Å². The molecule has 4 nitrogen and oxygen atoms in total. The van der Waals surface area contributed by atoms with Crippen LogP contribution in [0.4, 0.5) is 0 Å². The molecule has 0 radical (unpaired) electrons. The van der Waals surface area contributed by atoms with E-state index in [2.05, 4.69) is 29.5 Å². The molecule has 1 saturated carbocycles. The van der Waals surface area contributed by atoms with E-state index in [0.717, 1.165) is 31.3 Å². The van der Waals surface area contributed by atoms with Crippen molar-refractivity contribution < 1.29 is 5.11 Å². The predicted molar refractivity (Wildman–Crippen MR) is 86.1 cm³/mol. The molecule has 1 rings (SSSR count). The van der Waals surface area contributed by atoms with Gasteiger partial charge in [0.1, 0.15) is 0 Å². The molecule has 3 N–H and O–H groups in total. The van der Waals surface area contributed by atoms with E-state index in [1.54, 1.807) is 0 Å². The molecule has 0 amide bonds. The summed E-state index contributed by atoms with van der Waals surface area (Å²) in [5, 5.41) is 17.2. The summed E-state index contributed by atoms with van der Waals surface area (Å²) in [6.45, 7) is 9.75. The van der Waals surface area contributed by atoms with Gasteiger partial charge in [0.15, 0.2) is 5.96 Å². The maximum absolute atomic E-state index is 10.3. The van der Waals surface area contributed by atoms with Gasteiger partial charge < -0.3 is 15.7 Å². The van der Waals surface area contributed by atoms with E-state index in [0.29, 0.717) is 12.6 Å². The van der Waals surface area contributed by atoms with Gasteiger partial charge in [0.2, 0.25) is 0 Å². The van der Waals surface area contributed by atoms with Gasteiger partial charge in [-0.15, -0.1) is 0 Å². The number of guanidine groups is 1. The Hall–Kier alpha value is -0.770. The third-order valence-electron chi connectivity index (χ3n) is 4.47. The molecule has 4 heteroatoms. The first-order valence-corrected chi connectivity index (χ1v) is 8.30. The molecule has 2 unspecified atom stereocenters. The Balaban J connectivity index is 2.58. The van der Waals surface area contributed by atoms with Crippen molar-refractivity contribution in [1.82, 2.24) is 10.6 Å². The molecule has 1 fully saturated rings. The minimum absolute atomic E-state index is 0.470. The second kappa shape index (κ2) is 8.50. The summed E-state index contributed by atoms with van der Waals surface area (Å²) >= 11 is 0. The standard InChI is InChI=1S/C16H33N3O/c1-5-16(20,6-2)12-18-15(17-7-3)19-14-10-8-9-13(4)11-14/h13-14,20H,5-12H2,1-4H3,(H2,17,18,19). The van der Waals surface area contributed by atoms with Crippen molar-refractivity contribution in [1.29, 1.82) is 0 Å². The number of hydrogen-bond acceptors (Lipinski definition) is 2. The van der Waals surface area contributed by atoms with Crippen LogP contribution in [0.5, 0.6) is 0 Å². The highest BCUT2D eigenvalue weighted by Gasteiger charge is 2.23. The van der Waals surface area contributed by atoms with Gasteiger partial charge in [0.25, 0.3) is 0 Å². The molecule has 1 aliphatic rings.